The van der Waals surface area contributed by atoms with Gasteiger partial charge >= 0.3 is 0 Å². The highest BCUT2D eigenvalue weighted by atomic mass is 79.9. The molecule has 2 aromatic carbocycles. The molecule has 3 heterocycles. The molecule has 3 nitrogen and oxygen atoms in total. The van der Waals surface area contributed by atoms with E-state index in [0.29, 0.717) is 8.95 Å². The van der Waals surface area contributed by atoms with Gasteiger partial charge in [-0.2, -0.15) is 11.8 Å². The van der Waals surface area contributed by atoms with Crippen molar-refractivity contribution < 1.29 is 8.78 Å². The van der Waals surface area contributed by atoms with E-state index in [4.69, 9.17) is 0 Å². The molecule has 3 N–H and O–H groups in total. The minimum atomic E-state index is -0.272. The van der Waals surface area contributed by atoms with Gasteiger partial charge in [-0.1, -0.05) is 0 Å². The van der Waals surface area contributed by atoms with Crippen LogP contribution in [0.5, 0.6) is 0 Å². The molecule has 1 saturated heterocycles. The van der Waals surface area contributed by atoms with Gasteiger partial charge in [-0.25, -0.2) is 8.78 Å². The van der Waals surface area contributed by atoms with Crippen molar-refractivity contribution in [3.05, 3.63) is 68.4 Å². The lowest BCUT2D eigenvalue weighted by molar-refractivity contribution is 0.495. The fourth-order valence-electron chi connectivity index (χ4n) is 3.86. The molecular weight excluding hydrogens is 512 g/mol. The van der Waals surface area contributed by atoms with Gasteiger partial charge in [-0.05, 0) is 67.3 Å². The van der Waals surface area contributed by atoms with Crippen LogP contribution < -0.4 is 5.32 Å². The van der Waals surface area contributed by atoms with E-state index in [1.165, 1.54) is 0 Å². The van der Waals surface area contributed by atoms with Gasteiger partial charge < -0.3 is 15.3 Å². The van der Waals surface area contributed by atoms with E-state index in [-0.39, 0.29) is 23.7 Å². The van der Waals surface area contributed by atoms with Crippen molar-refractivity contribution in [3.8, 4) is 0 Å². The van der Waals surface area contributed by atoms with Crippen molar-refractivity contribution >= 4 is 65.4 Å². The summed E-state index contributed by atoms with van der Waals surface area (Å²) in [5.74, 6) is 1.24. The van der Waals surface area contributed by atoms with Crippen LogP contribution in [0.2, 0.25) is 0 Å². The molecule has 0 saturated carbocycles. The fraction of sp³-hybridized carbons (Fsp3) is 0.200. The summed E-state index contributed by atoms with van der Waals surface area (Å²) in [6, 6.07) is 6.82. The zero-order valence-electron chi connectivity index (χ0n) is 14.5. The van der Waals surface area contributed by atoms with Gasteiger partial charge in [0.1, 0.15) is 11.6 Å². The Kier molecular flexibility index (Phi) is 4.77. The van der Waals surface area contributed by atoms with E-state index >= 15 is 0 Å². The molecule has 0 amide bonds. The molecule has 0 radical (unpaired) electrons. The highest BCUT2D eigenvalue weighted by molar-refractivity contribution is 9.10. The smallest absolute Gasteiger partial charge is 0.138 e. The van der Waals surface area contributed by atoms with Crippen LogP contribution in [0, 0.1) is 11.6 Å². The fourth-order valence-corrected chi connectivity index (χ4v) is 5.70. The number of halogens is 4. The molecule has 1 fully saturated rings. The van der Waals surface area contributed by atoms with Gasteiger partial charge in [0, 0.05) is 57.8 Å². The number of nitrogens with one attached hydrogen (secondary N) is 3. The molecule has 2 aromatic heterocycles. The van der Waals surface area contributed by atoms with E-state index in [1.54, 1.807) is 24.3 Å². The van der Waals surface area contributed by atoms with Crippen LogP contribution in [0.3, 0.4) is 0 Å². The van der Waals surface area contributed by atoms with E-state index in [2.05, 4.69) is 47.1 Å². The topological polar surface area (TPSA) is 43.6 Å². The third-order valence-corrected chi connectivity index (χ3v) is 7.58. The van der Waals surface area contributed by atoms with Crippen molar-refractivity contribution in [2.75, 3.05) is 11.5 Å². The average Bonchev–Trinajstić information content (AvgIpc) is 3.27. The summed E-state index contributed by atoms with van der Waals surface area (Å²) in [6.07, 6.45) is 3.90. The number of fused-ring (bicyclic) bond motifs is 2. The van der Waals surface area contributed by atoms with E-state index < -0.39 is 0 Å². The molecule has 1 aliphatic rings. The number of H-pyrrole nitrogens is 2. The van der Waals surface area contributed by atoms with Gasteiger partial charge in [0.2, 0.25) is 0 Å². The summed E-state index contributed by atoms with van der Waals surface area (Å²) in [5, 5.41) is 5.45. The molecule has 144 valence electrons. The average molecular weight is 527 g/mol. The molecule has 8 heteroatoms. The molecular formula is C20H15Br2F2N3S. The molecule has 0 aliphatic carbocycles. The summed E-state index contributed by atoms with van der Waals surface area (Å²) in [7, 11) is 0. The zero-order chi connectivity index (χ0) is 19.4. The summed E-state index contributed by atoms with van der Waals surface area (Å²) >= 11 is 8.32. The molecule has 5 rings (SSSR count). The number of thioether (sulfide) groups is 1. The largest absolute Gasteiger partial charge is 0.361 e. The monoisotopic (exact) mass is 525 g/mol. The van der Waals surface area contributed by atoms with Crippen LogP contribution in [-0.4, -0.2) is 21.5 Å². The molecule has 2 atom stereocenters. The predicted octanol–water partition coefficient (Wildman–Crippen LogP) is 6.57. The first-order valence-corrected chi connectivity index (χ1v) is 11.5. The summed E-state index contributed by atoms with van der Waals surface area (Å²) in [6.45, 7) is 0. The number of benzene rings is 2. The second-order valence-corrected chi connectivity index (χ2v) is 9.70. The SMILES string of the molecule is Fc1cc2c(C3CSCC(c4c[nH]c5cc(Br)c(F)cc45)N3)c[nH]c2cc1Br. The second kappa shape index (κ2) is 7.16. The van der Waals surface area contributed by atoms with E-state index in [0.717, 1.165) is 44.4 Å². The van der Waals surface area contributed by atoms with Crippen LogP contribution in [-0.2, 0) is 0 Å². The van der Waals surface area contributed by atoms with Crippen molar-refractivity contribution in [2.45, 2.75) is 12.1 Å². The maximum atomic E-state index is 14.1. The van der Waals surface area contributed by atoms with Crippen LogP contribution >= 0.6 is 43.6 Å². The molecule has 28 heavy (non-hydrogen) atoms. The zero-order valence-corrected chi connectivity index (χ0v) is 18.4. The number of hydrogen-bond acceptors (Lipinski definition) is 2. The number of aromatic amines is 2. The summed E-state index contributed by atoms with van der Waals surface area (Å²) in [4.78, 5) is 6.48. The maximum absolute atomic E-state index is 14.1. The summed E-state index contributed by atoms with van der Waals surface area (Å²) in [5.41, 5.74) is 3.90. The maximum Gasteiger partial charge on any atom is 0.138 e. The Hall–Kier alpha value is -1.35. The van der Waals surface area contributed by atoms with Crippen LogP contribution in [0.1, 0.15) is 23.2 Å². The van der Waals surface area contributed by atoms with Gasteiger partial charge in [-0.15, -0.1) is 0 Å². The van der Waals surface area contributed by atoms with Crippen molar-refractivity contribution in [1.29, 1.82) is 0 Å². The quantitative estimate of drug-likeness (QED) is 0.276. The van der Waals surface area contributed by atoms with Crippen molar-refractivity contribution in [2.24, 2.45) is 0 Å². The van der Waals surface area contributed by atoms with Crippen LogP contribution in [0.15, 0.2) is 45.6 Å². The predicted molar refractivity (Wildman–Crippen MR) is 118 cm³/mol. The molecule has 4 aromatic rings. The van der Waals surface area contributed by atoms with Crippen molar-refractivity contribution in [1.82, 2.24) is 15.3 Å². The first-order valence-electron chi connectivity index (χ1n) is 8.77. The Labute approximate surface area is 180 Å². The molecule has 0 spiro atoms. The van der Waals surface area contributed by atoms with Gasteiger partial charge in [0.15, 0.2) is 0 Å². The Morgan fingerprint density at radius 2 is 1.25 bits per heavy atom. The highest BCUT2D eigenvalue weighted by Crippen LogP contribution is 2.38. The Balaban J connectivity index is 1.51. The molecule has 0 bridgehead atoms. The highest BCUT2D eigenvalue weighted by Gasteiger charge is 2.27. The normalized spacial score (nSPS) is 20.3. The first kappa shape index (κ1) is 18.7. The standard InChI is InChI=1S/C20H15Br2F2N3S/c21-13-3-17-9(1-15(13)23)11(5-25-17)19-7-28-8-20(27-19)12-6-26-18-4-14(22)16(24)2-10(12)18/h1-6,19-20,25-27H,7-8H2. The third kappa shape index (κ3) is 3.10. The Morgan fingerprint density at radius 3 is 1.71 bits per heavy atom. The lowest BCUT2D eigenvalue weighted by Crippen LogP contribution is -2.33. The Bertz CT molecular complexity index is 1110. The van der Waals surface area contributed by atoms with Crippen LogP contribution in [0.4, 0.5) is 8.78 Å². The lowest BCUT2D eigenvalue weighted by atomic mass is 10.0. The van der Waals surface area contributed by atoms with E-state index in [1.807, 2.05) is 24.2 Å². The van der Waals surface area contributed by atoms with Crippen LogP contribution in [0.25, 0.3) is 21.8 Å². The third-order valence-electron chi connectivity index (χ3n) is 5.23. The van der Waals surface area contributed by atoms with Gasteiger partial charge in [0.25, 0.3) is 0 Å². The van der Waals surface area contributed by atoms with Gasteiger partial charge in [-0.3, -0.25) is 0 Å². The lowest BCUT2D eigenvalue weighted by Gasteiger charge is -2.30. The summed E-state index contributed by atoms with van der Waals surface area (Å²) < 4.78 is 29.1. The van der Waals surface area contributed by atoms with Gasteiger partial charge in [0.05, 0.1) is 8.95 Å². The molecule has 1 aliphatic heterocycles. The van der Waals surface area contributed by atoms with E-state index in [9.17, 15) is 8.78 Å². The number of aromatic nitrogens is 2. The number of hydrogen-bond donors (Lipinski definition) is 3. The number of rotatable bonds is 2. The minimum absolute atomic E-state index is 0.0725. The minimum Gasteiger partial charge on any atom is -0.361 e. The second-order valence-electron chi connectivity index (χ2n) is 6.92. The molecule has 2 unspecified atom stereocenters. The first-order chi connectivity index (χ1) is 13.5. The Morgan fingerprint density at radius 1 is 0.786 bits per heavy atom. The van der Waals surface area contributed by atoms with Crippen molar-refractivity contribution in [3.63, 3.8) is 0 Å².